The van der Waals surface area contributed by atoms with Crippen molar-refractivity contribution in [3.05, 3.63) is 70.8 Å². The van der Waals surface area contributed by atoms with Gasteiger partial charge in [-0.05, 0) is 24.1 Å². The van der Waals surface area contributed by atoms with Crippen molar-refractivity contribution in [2.75, 3.05) is 27.2 Å². The average molecular weight is 394 g/mol. The van der Waals surface area contributed by atoms with E-state index in [1.54, 1.807) is 24.3 Å². The van der Waals surface area contributed by atoms with E-state index in [2.05, 4.69) is 50.6 Å². The summed E-state index contributed by atoms with van der Waals surface area (Å²) < 4.78 is 0. The molecule has 1 atom stereocenters. The Balaban J connectivity index is 1.55. The molecule has 6 heteroatoms. The number of quaternary nitrogens is 1. The van der Waals surface area contributed by atoms with Gasteiger partial charge >= 0.3 is 0 Å². The molecule has 2 aromatic rings. The van der Waals surface area contributed by atoms with Crippen LogP contribution in [0.3, 0.4) is 0 Å². The number of nitrogens with one attached hydrogen (secondary N) is 2. The predicted octanol–water partition coefficient (Wildman–Crippen LogP) is 1.24. The molecule has 2 N–H and O–H groups in total. The molecule has 0 spiro atoms. The summed E-state index contributed by atoms with van der Waals surface area (Å²) in [4.78, 5) is 39.5. The summed E-state index contributed by atoms with van der Waals surface area (Å²) in [6, 6.07) is 15.3. The topological polar surface area (TPSA) is 70.9 Å². The molecular formula is C23H28N3O3+. The van der Waals surface area contributed by atoms with Gasteiger partial charge in [0.2, 0.25) is 5.91 Å². The van der Waals surface area contributed by atoms with Crippen LogP contribution in [-0.4, -0.2) is 49.8 Å². The lowest BCUT2D eigenvalue weighted by molar-refractivity contribution is -0.890. The smallest absolute Gasteiger partial charge is 0.261 e. The molecule has 29 heavy (non-hydrogen) atoms. The number of aryl methyl sites for hydroxylation is 1. The van der Waals surface area contributed by atoms with Crippen LogP contribution < -0.4 is 10.2 Å². The molecule has 3 rings (SSSR count). The highest BCUT2D eigenvalue weighted by Gasteiger charge is 2.35. The van der Waals surface area contributed by atoms with Crippen LogP contribution in [0.1, 0.15) is 51.2 Å². The van der Waals surface area contributed by atoms with Crippen LogP contribution in [0, 0.1) is 0 Å². The minimum Gasteiger partial charge on any atom is -0.350 e. The van der Waals surface area contributed by atoms with Gasteiger partial charge in [0, 0.05) is 18.5 Å². The second-order valence-corrected chi connectivity index (χ2v) is 7.59. The van der Waals surface area contributed by atoms with Crippen LogP contribution >= 0.6 is 0 Å². The Morgan fingerprint density at radius 3 is 2.10 bits per heavy atom. The van der Waals surface area contributed by atoms with Crippen LogP contribution in [0.2, 0.25) is 0 Å². The maximum atomic E-state index is 12.4. The maximum absolute atomic E-state index is 12.4. The third kappa shape index (κ3) is 4.54. The molecule has 0 saturated heterocycles. The van der Waals surface area contributed by atoms with Crippen molar-refractivity contribution in [1.82, 2.24) is 10.2 Å². The highest BCUT2D eigenvalue weighted by Crippen LogP contribution is 2.22. The molecule has 0 aliphatic carbocycles. The van der Waals surface area contributed by atoms with E-state index in [9.17, 15) is 14.4 Å². The van der Waals surface area contributed by atoms with Gasteiger partial charge in [0.1, 0.15) is 6.04 Å². The number of amides is 3. The molecule has 6 nitrogen and oxygen atoms in total. The number of imide groups is 1. The van der Waals surface area contributed by atoms with Crippen LogP contribution in [0.25, 0.3) is 0 Å². The molecule has 0 bridgehead atoms. The molecule has 0 radical (unpaired) electrons. The van der Waals surface area contributed by atoms with E-state index in [4.69, 9.17) is 0 Å². The Kier molecular flexibility index (Phi) is 6.44. The minimum atomic E-state index is -0.329. The maximum Gasteiger partial charge on any atom is 0.261 e. The molecule has 152 valence electrons. The van der Waals surface area contributed by atoms with Crippen LogP contribution in [-0.2, 0) is 11.2 Å². The molecule has 0 saturated carbocycles. The number of nitrogens with zero attached hydrogens (tertiary/aromatic N) is 1. The van der Waals surface area contributed by atoms with Crippen molar-refractivity contribution in [3.8, 4) is 0 Å². The highest BCUT2D eigenvalue weighted by atomic mass is 16.2. The van der Waals surface area contributed by atoms with E-state index < -0.39 is 0 Å². The third-order valence-corrected chi connectivity index (χ3v) is 5.43. The lowest BCUT2D eigenvalue weighted by atomic mass is 10.0. The fourth-order valence-electron chi connectivity index (χ4n) is 3.60. The number of likely N-dealkylation sites (N-methyl/N-ethyl adjacent to an activating group) is 1. The molecule has 2 aromatic carbocycles. The number of rotatable bonds is 8. The van der Waals surface area contributed by atoms with Gasteiger partial charge in [-0.25, -0.2) is 0 Å². The first-order valence-electron chi connectivity index (χ1n) is 10.0. The Hall–Kier alpha value is -2.99. The molecule has 1 aliphatic heterocycles. The fourth-order valence-corrected chi connectivity index (χ4v) is 3.60. The van der Waals surface area contributed by atoms with E-state index in [0.29, 0.717) is 17.7 Å². The van der Waals surface area contributed by atoms with Crippen molar-refractivity contribution < 1.29 is 19.3 Å². The van der Waals surface area contributed by atoms with E-state index >= 15 is 0 Å². The predicted molar refractivity (Wildman–Crippen MR) is 111 cm³/mol. The van der Waals surface area contributed by atoms with Crippen molar-refractivity contribution in [1.29, 1.82) is 0 Å². The summed E-state index contributed by atoms with van der Waals surface area (Å²) in [5, 5.41) is 2.96. The standard InChI is InChI=1S/C23H27N3O3/c1-4-16-9-11-17(12-10-16)20(25(2)3)15-24-21(27)13-14-26-22(28)18-7-5-6-8-19(18)23(26)29/h5-12,20H,4,13-15H2,1-3H3,(H,24,27)/p+1/t20-/m0/s1. The SMILES string of the molecule is CCc1ccc([C@H](CNC(=O)CCN2C(=O)c3ccccc3C2=O)[NH+](C)C)cc1. The van der Waals surface area contributed by atoms with Gasteiger partial charge < -0.3 is 10.2 Å². The second-order valence-electron chi connectivity index (χ2n) is 7.59. The van der Waals surface area contributed by atoms with E-state index in [1.165, 1.54) is 16.0 Å². The molecule has 3 amide bonds. The lowest BCUT2D eigenvalue weighted by Gasteiger charge is -2.22. The monoisotopic (exact) mass is 394 g/mol. The van der Waals surface area contributed by atoms with Gasteiger partial charge in [-0.3, -0.25) is 19.3 Å². The van der Waals surface area contributed by atoms with E-state index in [-0.39, 0.29) is 36.7 Å². The molecule has 0 aromatic heterocycles. The summed E-state index contributed by atoms with van der Waals surface area (Å²) in [5.74, 6) is -0.826. The summed E-state index contributed by atoms with van der Waals surface area (Å²) in [6.07, 6.45) is 1.09. The summed E-state index contributed by atoms with van der Waals surface area (Å²) in [5.41, 5.74) is 3.27. The van der Waals surface area contributed by atoms with Crippen molar-refractivity contribution >= 4 is 17.7 Å². The molecular weight excluding hydrogens is 366 g/mol. The quantitative estimate of drug-likeness (QED) is 0.662. The van der Waals surface area contributed by atoms with Crippen molar-refractivity contribution in [2.24, 2.45) is 0 Å². The third-order valence-electron chi connectivity index (χ3n) is 5.43. The largest absolute Gasteiger partial charge is 0.350 e. The molecule has 0 fully saturated rings. The molecule has 1 heterocycles. The molecule has 1 aliphatic rings. The van der Waals surface area contributed by atoms with Gasteiger partial charge in [0.15, 0.2) is 0 Å². The van der Waals surface area contributed by atoms with Gasteiger partial charge in [-0.2, -0.15) is 0 Å². The number of hydrogen-bond donors (Lipinski definition) is 2. The Morgan fingerprint density at radius 1 is 1.00 bits per heavy atom. The summed E-state index contributed by atoms with van der Waals surface area (Å²) in [7, 11) is 4.12. The van der Waals surface area contributed by atoms with Crippen LogP contribution in [0.5, 0.6) is 0 Å². The normalized spacial score (nSPS) is 14.3. The van der Waals surface area contributed by atoms with Gasteiger partial charge in [-0.1, -0.05) is 43.3 Å². The van der Waals surface area contributed by atoms with Crippen molar-refractivity contribution in [2.45, 2.75) is 25.8 Å². The Labute approximate surface area is 171 Å². The van der Waals surface area contributed by atoms with Crippen LogP contribution in [0.15, 0.2) is 48.5 Å². The lowest BCUT2D eigenvalue weighted by Crippen LogP contribution is -3.07. The number of carbonyl (C=O) groups is 3. The molecule has 0 unspecified atom stereocenters. The van der Waals surface area contributed by atoms with Gasteiger partial charge in [0.05, 0.1) is 31.8 Å². The zero-order chi connectivity index (χ0) is 21.0. The van der Waals surface area contributed by atoms with Gasteiger partial charge in [0.25, 0.3) is 11.8 Å². The van der Waals surface area contributed by atoms with E-state index in [1.807, 2.05) is 0 Å². The Morgan fingerprint density at radius 2 is 1.59 bits per heavy atom. The first-order chi connectivity index (χ1) is 13.9. The number of carbonyl (C=O) groups excluding carboxylic acids is 3. The van der Waals surface area contributed by atoms with Gasteiger partial charge in [-0.15, -0.1) is 0 Å². The zero-order valence-electron chi connectivity index (χ0n) is 17.2. The minimum absolute atomic E-state index is 0.0862. The second kappa shape index (κ2) is 9.01. The summed E-state index contributed by atoms with van der Waals surface area (Å²) >= 11 is 0. The van der Waals surface area contributed by atoms with E-state index in [0.717, 1.165) is 11.3 Å². The summed E-state index contributed by atoms with van der Waals surface area (Å²) in [6.45, 7) is 2.70. The highest BCUT2D eigenvalue weighted by molar-refractivity contribution is 6.21. The zero-order valence-corrected chi connectivity index (χ0v) is 17.2. The fraction of sp³-hybridized carbons (Fsp3) is 0.348. The first kappa shape index (κ1) is 20.7. The number of hydrogen-bond acceptors (Lipinski definition) is 3. The van der Waals surface area contributed by atoms with Crippen LogP contribution in [0.4, 0.5) is 0 Å². The first-order valence-corrected chi connectivity index (χ1v) is 10.0. The van der Waals surface area contributed by atoms with Crippen molar-refractivity contribution in [3.63, 3.8) is 0 Å². The Bertz CT molecular complexity index is 871. The number of fused-ring (bicyclic) bond motifs is 1. The number of benzene rings is 2. The average Bonchev–Trinajstić information content (AvgIpc) is 2.97.